The molecule has 1 aliphatic rings. The normalized spacial score (nSPS) is 20.1. The fourth-order valence-corrected chi connectivity index (χ4v) is 1.69. The summed E-state index contributed by atoms with van der Waals surface area (Å²) in [6.07, 6.45) is 7.98. The van der Waals surface area contributed by atoms with Gasteiger partial charge >= 0.3 is 0 Å². The second-order valence-corrected chi connectivity index (χ2v) is 3.84. The summed E-state index contributed by atoms with van der Waals surface area (Å²) in [7, 11) is 0. The highest BCUT2D eigenvalue weighted by atomic mass is 16.1. The molecule has 1 aromatic rings. The summed E-state index contributed by atoms with van der Waals surface area (Å²) in [5.41, 5.74) is 0.724. The molecule has 16 heavy (non-hydrogen) atoms. The average Bonchev–Trinajstić information content (AvgIpc) is 2.81. The zero-order valence-electron chi connectivity index (χ0n) is 9.02. The minimum absolute atomic E-state index is 0.0973. The van der Waals surface area contributed by atoms with Gasteiger partial charge in [0.05, 0.1) is 11.9 Å². The van der Waals surface area contributed by atoms with E-state index in [1.807, 2.05) is 12.1 Å². The lowest BCUT2D eigenvalue weighted by molar-refractivity contribution is -0.111. The predicted octanol–water partition coefficient (Wildman–Crippen LogP) is 1.19. The van der Waals surface area contributed by atoms with Gasteiger partial charge in [-0.25, -0.2) is 0 Å². The average molecular weight is 217 g/mol. The SMILES string of the molecule is O=C(/C=C/C1CCNC1)Nc1cccnc1. The monoisotopic (exact) mass is 217 g/mol. The predicted molar refractivity (Wildman–Crippen MR) is 63.0 cm³/mol. The van der Waals surface area contributed by atoms with Crippen LogP contribution in [0.5, 0.6) is 0 Å². The maximum atomic E-state index is 11.5. The summed E-state index contributed by atoms with van der Waals surface area (Å²) in [5, 5.41) is 6.01. The summed E-state index contributed by atoms with van der Waals surface area (Å²) in [4.78, 5) is 15.4. The highest BCUT2D eigenvalue weighted by Gasteiger charge is 2.10. The molecular weight excluding hydrogens is 202 g/mol. The Morgan fingerprint density at radius 2 is 2.56 bits per heavy atom. The number of nitrogens with zero attached hydrogens (tertiary/aromatic N) is 1. The van der Waals surface area contributed by atoms with E-state index in [0.717, 1.165) is 25.2 Å². The van der Waals surface area contributed by atoms with Crippen LogP contribution in [0.4, 0.5) is 5.69 Å². The van der Waals surface area contributed by atoms with E-state index < -0.39 is 0 Å². The number of rotatable bonds is 3. The summed E-state index contributed by atoms with van der Waals surface area (Å²) < 4.78 is 0. The molecule has 1 fully saturated rings. The van der Waals surface area contributed by atoms with Gasteiger partial charge in [-0.3, -0.25) is 9.78 Å². The van der Waals surface area contributed by atoms with Crippen molar-refractivity contribution >= 4 is 11.6 Å². The molecule has 0 saturated carbocycles. The molecule has 4 heteroatoms. The highest BCUT2D eigenvalue weighted by Crippen LogP contribution is 2.09. The molecule has 0 aliphatic carbocycles. The zero-order valence-corrected chi connectivity index (χ0v) is 9.02. The van der Waals surface area contributed by atoms with Crippen molar-refractivity contribution in [3.63, 3.8) is 0 Å². The van der Waals surface area contributed by atoms with Gasteiger partial charge in [0, 0.05) is 12.7 Å². The lowest BCUT2D eigenvalue weighted by Gasteiger charge is -2.01. The molecule has 1 atom stereocenters. The molecule has 0 spiro atoms. The number of aromatic nitrogens is 1. The Labute approximate surface area is 94.8 Å². The third-order valence-corrected chi connectivity index (χ3v) is 2.55. The van der Waals surface area contributed by atoms with Gasteiger partial charge in [0.15, 0.2) is 0 Å². The van der Waals surface area contributed by atoms with E-state index in [2.05, 4.69) is 15.6 Å². The largest absolute Gasteiger partial charge is 0.321 e. The molecule has 84 valence electrons. The molecule has 2 rings (SSSR count). The number of carbonyl (C=O) groups is 1. The van der Waals surface area contributed by atoms with E-state index in [-0.39, 0.29) is 5.91 Å². The molecule has 0 radical (unpaired) electrons. The smallest absolute Gasteiger partial charge is 0.248 e. The molecule has 4 nitrogen and oxygen atoms in total. The maximum Gasteiger partial charge on any atom is 0.248 e. The summed E-state index contributed by atoms with van der Waals surface area (Å²) >= 11 is 0. The van der Waals surface area contributed by atoms with Crippen LogP contribution in [0.15, 0.2) is 36.7 Å². The third kappa shape index (κ3) is 3.17. The van der Waals surface area contributed by atoms with Gasteiger partial charge in [0.1, 0.15) is 0 Å². The van der Waals surface area contributed by atoms with Crippen LogP contribution < -0.4 is 10.6 Å². The van der Waals surface area contributed by atoms with E-state index >= 15 is 0 Å². The number of hydrogen-bond acceptors (Lipinski definition) is 3. The number of anilines is 1. The van der Waals surface area contributed by atoms with Crippen molar-refractivity contribution in [2.45, 2.75) is 6.42 Å². The number of carbonyl (C=O) groups excluding carboxylic acids is 1. The third-order valence-electron chi connectivity index (χ3n) is 2.55. The fraction of sp³-hybridized carbons (Fsp3) is 0.333. The quantitative estimate of drug-likeness (QED) is 0.748. The van der Waals surface area contributed by atoms with Gasteiger partial charge in [-0.05, 0) is 37.1 Å². The molecule has 1 aliphatic heterocycles. The molecule has 1 unspecified atom stereocenters. The van der Waals surface area contributed by atoms with E-state index in [0.29, 0.717) is 5.92 Å². The molecular formula is C12H15N3O. The molecule has 2 heterocycles. The van der Waals surface area contributed by atoms with E-state index in [1.165, 1.54) is 0 Å². The number of hydrogen-bond donors (Lipinski definition) is 2. The van der Waals surface area contributed by atoms with Gasteiger partial charge < -0.3 is 10.6 Å². The molecule has 2 N–H and O–H groups in total. The van der Waals surface area contributed by atoms with Crippen molar-refractivity contribution in [1.82, 2.24) is 10.3 Å². The Kier molecular flexibility index (Phi) is 3.66. The highest BCUT2D eigenvalue weighted by molar-refractivity contribution is 5.99. The van der Waals surface area contributed by atoms with Crippen molar-refractivity contribution in [1.29, 1.82) is 0 Å². The first-order valence-corrected chi connectivity index (χ1v) is 5.44. The van der Waals surface area contributed by atoms with Crippen molar-refractivity contribution in [2.75, 3.05) is 18.4 Å². The summed E-state index contributed by atoms with van der Waals surface area (Å²) in [6, 6.07) is 3.61. The summed E-state index contributed by atoms with van der Waals surface area (Å²) in [6.45, 7) is 2.01. The fourth-order valence-electron chi connectivity index (χ4n) is 1.69. The van der Waals surface area contributed by atoms with Crippen LogP contribution in [0.2, 0.25) is 0 Å². The first-order valence-electron chi connectivity index (χ1n) is 5.44. The zero-order chi connectivity index (χ0) is 11.2. The van der Waals surface area contributed by atoms with Crippen molar-refractivity contribution in [2.24, 2.45) is 5.92 Å². The van der Waals surface area contributed by atoms with Gasteiger partial charge in [0.2, 0.25) is 5.91 Å². The minimum atomic E-state index is -0.0973. The first kappa shape index (κ1) is 10.8. The molecule has 0 aromatic carbocycles. The van der Waals surface area contributed by atoms with Crippen molar-refractivity contribution in [3.8, 4) is 0 Å². The second-order valence-electron chi connectivity index (χ2n) is 3.84. The van der Waals surface area contributed by atoms with Crippen LogP contribution in [0.3, 0.4) is 0 Å². The van der Waals surface area contributed by atoms with Gasteiger partial charge in [-0.2, -0.15) is 0 Å². The van der Waals surface area contributed by atoms with Gasteiger partial charge in [-0.15, -0.1) is 0 Å². The Morgan fingerprint density at radius 1 is 1.62 bits per heavy atom. The van der Waals surface area contributed by atoms with E-state index in [4.69, 9.17) is 0 Å². The molecule has 0 bridgehead atoms. The van der Waals surface area contributed by atoms with Crippen LogP contribution in [0.1, 0.15) is 6.42 Å². The van der Waals surface area contributed by atoms with Gasteiger partial charge in [-0.1, -0.05) is 6.08 Å². The molecule has 1 saturated heterocycles. The standard InChI is InChI=1S/C12H15N3O/c16-12(4-3-10-5-7-14-8-10)15-11-2-1-6-13-9-11/h1-4,6,9-10,14H,5,7-8H2,(H,15,16)/b4-3+. The topological polar surface area (TPSA) is 54.0 Å². The van der Waals surface area contributed by atoms with Crippen LogP contribution in [-0.4, -0.2) is 24.0 Å². The number of amides is 1. The van der Waals surface area contributed by atoms with Crippen LogP contribution in [0.25, 0.3) is 0 Å². The first-order chi connectivity index (χ1) is 7.84. The Balaban J connectivity index is 1.84. The number of pyridine rings is 1. The number of nitrogens with one attached hydrogen (secondary N) is 2. The Hall–Kier alpha value is -1.68. The summed E-state index contributed by atoms with van der Waals surface area (Å²) in [5.74, 6) is 0.388. The van der Waals surface area contributed by atoms with Crippen molar-refractivity contribution in [3.05, 3.63) is 36.7 Å². The minimum Gasteiger partial charge on any atom is -0.321 e. The Morgan fingerprint density at radius 3 is 3.25 bits per heavy atom. The maximum absolute atomic E-state index is 11.5. The van der Waals surface area contributed by atoms with Gasteiger partial charge in [0.25, 0.3) is 0 Å². The molecule has 1 aromatic heterocycles. The van der Waals surface area contributed by atoms with Crippen LogP contribution in [0, 0.1) is 5.92 Å². The van der Waals surface area contributed by atoms with Crippen LogP contribution in [-0.2, 0) is 4.79 Å². The van der Waals surface area contributed by atoms with E-state index in [9.17, 15) is 4.79 Å². The van der Waals surface area contributed by atoms with Crippen LogP contribution >= 0.6 is 0 Å². The van der Waals surface area contributed by atoms with E-state index in [1.54, 1.807) is 24.5 Å². The molecule has 1 amide bonds. The Bertz CT molecular complexity index is 369. The second kappa shape index (κ2) is 5.42. The van der Waals surface area contributed by atoms with Crippen molar-refractivity contribution < 1.29 is 4.79 Å². The lowest BCUT2D eigenvalue weighted by atomic mass is 10.1. The lowest BCUT2D eigenvalue weighted by Crippen LogP contribution is -2.10.